The van der Waals surface area contributed by atoms with Gasteiger partial charge in [0, 0.05) is 0 Å². The molecule has 0 fully saturated rings. The van der Waals surface area contributed by atoms with E-state index in [1.54, 1.807) is 6.92 Å². The molecule has 0 aliphatic rings. The van der Waals surface area contributed by atoms with Gasteiger partial charge < -0.3 is 21.4 Å². The highest BCUT2D eigenvalue weighted by atomic mass is 16.4. The minimum absolute atomic E-state index is 0. The molecule has 10 heavy (non-hydrogen) atoms. The third-order valence-electron chi connectivity index (χ3n) is 1.12. The maximum Gasteiger partial charge on any atom is 0.323 e. The molecule has 0 bridgehead atoms. The van der Waals surface area contributed by atoms with Crippen LogP contribution in [0.25, 0.3) is 0 Å². The average Bonchev–Trinajstić information content (AvgIpc) is 1.84. The summed E-state index contributed by atoms with van der Waals surface area (Å²) in [6.45, 7) is 1.67. The van der Waals surface area contributed by atoms with Crippen molar-refractivity contribution in [3.8, 4) is 0 Å². The lowest BCUT2D eigenvalue weighted by Crippen LogP contribution is -2.41. The maximum absolute atomic E-state index is 10.0. The van der Waals surface area contributed by atoms with Crippen LogP contribution in [-0.4, -0.2) is 33.8 Å². The van der Waals surface area contributed by atoms with E-state index >= 15 is 0 Å². The summed E-state index contributed by atoms with van der Waals surface area (Å²) in [7, 11) is 0. The number of aliphatic hydroxyl groups excluding tert-OH is 1. The van der Waals surface area contributed by atoms with E-state index in [0.29, 0.717) is 6.42 Å². The quantitative estimate of drug-likeness (QED) is 0.448. The Morgan fingerprint density at radius 1 is 1.70 bits per heavy atom. The molecular weight excluding hydrogens is 138 g/mol. The fourth-order valence-electron chi connectivity index (χ4n) is 0.419. The first-order valence-electron chi connectivity index (χ1n) is 2.76. The van der Waals surface area contributed by atoms with Crippen LogP contribution in [0, 0.1) is 0 Å². The first-order chi connectivity index (χ1) is 4.09. The van der Waals surface area contributed by atoms with Gasteiger partial charge in [0.25, 0.3) is 0 Å². The standard InChI is InChI=1S/C5H11NO3.H2O/c1-2-3(7)4(6)5(8)9;/h3-4,7H,2,6H2,1H3,(H,8,9);1H2/t3?,4-;/m0./s1. The molecule has 0 aliphatic heterocycles. The average molecular weight is 151 g/mol. The maximum atomic E-state index is 10.0. The molecule has 0 aromatic carbocycles. The van der Waals surface area contributed by atoms with Crippen LogP contribution in [0.2, 0.25) is 0 Å². The topological polar surface area (TPSA) is 115 Å². The van der Waals surface area contributed by atoms with Gasteiger partial charge in [-0.2, -0.15) is 0 Å². The van der Waals surface area contributed by atoms with E-state index in [1.165, 1.54) is 0 Å². The predicted octanol–water partition coefficient (Wildman–Crippen LogP) is -1.66. The van der Waals surface area contributed by atoms with Crippen LogP contribution in [-0.2, 0) is 4.79 Å². The van der Waals surface area contributed by atoms with Crippen LogP contribution >= 0.6 is 0 Å². The number of nitrogens with two attached hydrogens (primary N) is 1. The monoisotopic (exact) mass is 151 g/mol. The molecule has 6 N–H and O–H groups in total. The zero-order valence-corrected chi connectivity index (χ0v) is 5.74. The Morgan fingerprint density at radius 2 is 2.10 bits per heavy atom. The molecule has 0 aromatic heterocycles. The van der Waals surface area contributed by atoms with Gasteiger partial charge >= 0.3 is 5.97 Å². The van der Waals surface area contributed by atoms with Gasteiger partial charge in [-0.05, 0) is 6.42 Å². The summed E-state index contributed by atoms with van der Waals surface area (Å²) in [5, 5.41) is 17.0. The fourth-order valence-corrected chi connectivity index (χ4v) is 0.419. The van der Waals surface area contributed by atoms with E-state index in [2.05, 4.69) is 0 Å². The highest BCUT2D eigenvalue weighted by molar-refractivity contribution is 5.73. The molecule has 1 unspecified atom stereocenters. The van der Waals surface area contributed by atoms with Crippen LogP contribution in [0.4, 0.5) is 0 Å². The Balaban J connectivity index is 0. The highest BCUT2D eigenvalue weighted by Gasteiger charge is 2.19. The van der Waals surface area contributed by atoms with Gasteiger partial charge in [0.2, 0.25) is 0 Å². The molecule has 0 amide bonds. The minimum Gasteiger partial charge on any atom is -0.480 e. The van der Waals surface area contributed by atoms with E-state index in [4.69, 9.17) is 15.9 Å². The summed E-state index contributed by atoms with van der Waals surface area (Å²) in [6, 6.07) is -1.14. The minimum atomic E-state index is -1.16. The Bertz CT molecular complexity index is 106. The first-order valence-corrected chi connectivity index (χ1v) is 2.76. The third-order valence-corrected chi connectivity index (χ3v) is 1.12. The van der Waals surface area contributed by atoms with Gasteiger partial charge in [0.1, 0.15) is 6.04 Å². The van der Waals surface area contributed by atoms with Crippen LogP contribution in [0.15, 0.2) is 0 Å². The lowest BCUT2D eigenvalue weighted by molar-refractivity contribution is -0.141. The lowest BCUT2D eigenvalue weighted by atomic mass is 10.1. The van der Waals surface area contributed by atoms with Gasteiger partial charge in [-0.1, -0.05) is 6.92 Å². The molecule has 0 radical (unpaired) electrons. The molecule has 0 spiro atoms. The van der Waals surface area contributed by atoms with Gasteiger partial charge in [0.15, 0.2) is 0 Å². The second kappa shape index (κ2) is 5.16. The fraction of sp³-hybridized carbons (Fsp3) is 0.800. The summed E-state index contributed by atoms with van der Waals surface area (Å²) in [5.41, 5.74) is 5.02. The first kappa shape index (κ1) is 12.1. The molecule has 0 saturated carbocycles. The normalized spacial score (nSPS) is 15.1. The van der Waals surface area contributed by atoms with Crippen molar-refractivity contribution in [2.24, 2.45) is 5.73 Å². The molecule has 5 nitrogen and oxygen atoms in total. The number of rotatable bonds is 3. The van der Waals surface area contributed by atoms with E-state index in [0.717, 1.165) is 0 Å². The molecule has 5 heteroatoms. The number of hydrogen-bond acceptors (Lipinski definition) is 3. The molecular formula is C5H13NO4. The largest absolute Gasteiger partial charge is 0.480 e. The molecule has 0 rings (SSSR count). The summed E-state index contributed by atoms with van der Waals surface area (Å²) in [6.07, 6.45) is -0.560. The summed E-state index contributed by atoms with van der Waals surface area (Å²) >= 11 is 0. The Hall–Kier alpha value is -0.650. The molecule has 0 saturated heterocycles. The van der Waals surface area contributed by atoms with Crippen molar-refractivity contribution in [3.63, 3.8) is 0 Å². The van der Waals surface area contributed by atoms with Crippen molar-refractivity contribution in [1.82, 2.24) is 0 Å². The predicted molar refractivity (Wildman–Crippen MR) is 35.5 cm³/mol. The zero-order valence-electron chi connectivity index (χ0n) is 5.74. The summed E-state index contributed by atoms with van der Waals surface area (Å²) in [4.78, 5) is 10.0. The Kier molecular flexibility index (Phi) is 6.23. The van der Waals surface area contributed by atoms with E-state index in [-0.39, 0.29) is 5.48 Å². The molecule has 0 aliphatic carbocycles. The smallest absolute Gasteiger partial charge is 0.323 e. The highest BCUT2D eigenvalue weighted by Crippen LogP contribution is 1.94. The van der Waals surface area contributed by atoms with E-state index < -0.39 is 18.1 Å². The number of aliphatic hydroxyl groups is 1. The van der Waals surface area contributed by atoms with Crippen LogP contribution in [0.3, 0.4) is 0 Å². The van der Waals surface area contributed by atoms with Gasteiger partial charge in [-0.3, -0.25) is 4.79 Å². The number of carbonyl (C=O) groups is 1. The summed E-state index contributed by atoms with van der Waals surface area (Å²) < 4.78 is 0. The van der Waals surface area contributed by atoms with Crippen molar-refractivity contribution in [3.05, 3.63) is 0 Å². The van der Waals surface area contributed by atoms with Crippen molar-refractivity contribution in [2.75, 3.05) is 0 Å². The van der Waals surface area contributed by atoms with E-state index in [1.807, 2.05) is 0 Å². The van der Waals surface area contributed by atoms with Crippen molar-refractivity contribution >= 4 is 5.97 Å². The second-order valence-corrected chi connectivity index (χ2v) is 1.84. The number of carboxylic acid groups (broad SMARTS) is 1. The van der Waals surface area contributed by atoms with Crippen LogP contribution < -0.4 is 5.73 Å². The number of aliphatic carboxylic acids is 1. The zero-order chi connectivity index (χ0) is 7.44. The Labute approximate surface area is 58.8 Å². The SMILES string of the molecule is CCC(O)[C@H](N)C(=O)O.O. The molecule has 2 atom stereocenters. The number of carboxylic acids is 1. The number of hydrogen-bond donors (Lipinski definition) is 3. The van der Waals surface area contributed by atoms with Crippen molar-refractivity contribution in [1.29, 1.82) is 0 Å². The Morgan fingerprint density at radius 3 is 2.20 bits per heavy atom. The second-order valence-electron chi connectivity index (χ2n) is 1.84. The van der Waals surface area contributed by atoms with E-state index in [9.17, 15) is 4.79 Å². The van der Waals surface area contributed by atoms with Crippen molar-refractivity contribution in [2.45, 2.75) is 25.5 Å². The molecule has 0 aromatic rings. The van der Waals surface area contributed by atoms with Gasteiger partial charge in [0.05, 0.1) is 6.10 Å². The third kappa shape index (κ3) is 3.39. The lowest BCUT2D eigenvalue weighted by Gasteiger charge is -2.10. The van der Waals surface area contributed by atoms with Crippen molar-refractivity contribution < 1.29 is 20.5 Å². The molecule has 62 valence electrons. The molecule has 0 heterocycles. The van der Waals surface area contributed by atoms with Crippen LogP contribution in [0.1, 0.15) is 13.3 Å². The van der Waals surface area contributed by atoms with Crippen LogP contribution in [0.5, 0.6) is 0 Å². The summed E-state index contributed by atoms with van der Waals surface area (Å²) in [5.74, 6) is -1.16. The van der Waals surface area contributed by atoms with Gasteiger partial charge in [-0.25, -0.2) is 0 Å². The van der Waals surface area contributed by atoms with Gasteiger partial charge in [-0.15, -0.1) is 0 Å².